The molecule has 1 rings (SSSR count). The first kappa shape index (κ1) is 46.8. The molecule has 280 valence electrons. The molecule has 0 aliphatic heterocycles. The van der Waals surface area contributed by atoms with Crippen molar-refractivity contribution >= 4 is 61.4 Å². The number of carboxylic acid groups (broad SMARTS) is 1. The zero-order valence-corrected chi connectivity index (χ0v) is 29.9. The number of nitrogens with two attached hydrogens (primary N) is 2. The van der Waals surface area contributed by atoms with Gasteiger partial charge in [-0.25, -0.2) is 0 Å². The molecule has 19 nitrogen and oxygen atoms in total. The largest absolute Gasteiger partial charge is 0.481 e. The number of nitrogen functional groups attached to an aromatic ring is 1. The maximum atomic E-state index is 12.6. The number of carbonyl (C=O) groups is 6. The van der Waals surface area contributed by atoms with Gasteiger partial charge in [0.2, 0.25) is 23.6 Å². The molecule has 1 unspecified atom stereocenters. The van der Waals surface area contributed by atoms with Crippen molar-refractivity contribution < 1.29 is 59.8 Å². The smallest absolute Gasteiger partial charge is 0.309 e. The minimum Gasteiger partial charge on any atom is -0.481 e. The fraction of sp³-hybridized carbons (Fsp3) is 0.571. The molecule has 0 bridgehead atoms. The van der Waals surface area contributed by atoms with Gasteiger partial charge in [-0.1, -0.05) is 27.2 Å². The van der Waals surface area contributed by atoms with Gasteiger partial charge >= 0.3 is 5.97 Å². The van der Waals surface area contributed by atoms with Crippen molar-refractivity contribution in [3.8, 4) is 0 Å². The van der Waals surface area contributed by atoms with Crippen LogP contribution in [0.3, 0.4) is 0 Å². The van der Waals surface area contributed by atoms with E-state index < -0.39 is 85.5 Å². The molecule has 21 heteroatoms. The van der Waals surface area contributed by atoms with Gasteiger partial charge in [0, 0.05) is 23.2 Å². The third-order valence-electron chi connectivity index (χ3n) is 5.95. The lowest BCUT2D eigenvalue weighted by Gasteiger charge is -2.32. The normalized spacial score (nSPS) is 12.0. The highest BCUT2D eigenvalue weighted by Gasteiger charge is 2.40. The summed E-state index contributed by atoms with van der Waals surface area (Å²) in [5, 5.41) is 18.4. The van der Waals surface area contributed by atoms with E-state index >= 15 is 0 Å². The number of hydrogen-bond acceptors (Lipinski definition) is 11. The van der Waals surface area contributed by atoms with E-state index in [4.69, 9.17) is 20.6 Å². The third-order valence-corrected chi connectivity index (χ3v) is 6.70. The summed E-state index contributed by atoms with van der Waals surface area (Å²) in [4.78, 5) is 69.8. The van der Waals surface area contributed by atoms with Gasteiger partial charge in [-0.15, -0.1) is 0 Å². The molecular formula is C28H48N6O13S2. The molecule has 0 radical (unpaired) electrons. The quantitative estimate of drug-likeness (QED) is 0.0552. The van der Waals surface area contributed by atoms with E-state index in [0.29, 0.717) is 17.5 Å². The summed E-state index contributed by atoms with van der Waals surface area (Å²) in [5.41, 5.74) is 9.10. The summed E-state index contributed by atoms with van der Waals surface area (Å²) in [6.07, 6.45) is 2.67. The van der Waals surface area contributed by atoms with Crippen LogP contribution in [0, 0.1) is 10.8 Å². The fourth-order valence-corrected chi connectivity index (χ4v) is 4.32. The molecule has 1 aromatic rings. The van der Waals surface area contributed by atoms with Crippen molar-refractivity contribution in [3.63, 3.8) is 0 Å². The molecule has 1 aromatic carbocycles. The van der Waals surface area contributed by atoms with Crippen LogP contribution in [0.2, 0.25) is 0 Å². The maximum absolute atomic E-state index is 12.6. The van der Waals surface area contributed by atoms with Crippen molar-refractivity contribution in [2.75, 3.05) is 37.4 Å². The number of hydrogen-bond donors (Lipinski definition) is 9. The van der Waals surface area contributed by atoms with Gasteiger partial charge in [-0.05, 0) is 51.0 Å². The lowest BCUT2D eigenvalue weighted by Crippen LogP contribution is -2.55. The van der Waals surface area contributed by atoms with Crippen LogP contribution in [0.5, 0.6) is 0 Å². The van der Waals surface area contributed by atoms with Crippen molar-refractivity contribution in [2.45, 2.75) is 59.9 Å². The molecule has 0 aromatic heterocycles. The third kappa shape index (κ3) is 24.5. The van der Waals surface area contributed by atoms with Gasteiger partial charge in [0.1, 0.15) is 11.8 Å². The van der Waals surface area contributed by atoms with E-state index in [1.807, 2.05) is 0 Å². The van der Waals surface area contributed by atoms with Gasteiger partial charge in [-0.3, -0.25) is 37.9 Å². The summed E-state index contributed by atoms with van der Waals surface area (Å²) in [6.45, 7) is 7.32. The Labute approximate surface area is 285 Å². The molecule has 0 saturated carbocycles. The fourth-order valence-electron chi connectivity index (χ4n) is 3.66. The van der Waals surface area contributed by atoms with Crippen LogP contribution in [0.4, 0.5) is 5.69 Å². The molecule has 5 amide bonds. The molecule has 0 aliphatic rings. The summed E-state index contributed by atoms with van der Waals surface area (Å²) in [5.74, 6) is -5.91. The first-order valence-corrected chi connectivity index (χ1v) is 18.0. The van der Waals surface area contributed by atoms with Crippen molar-refractivity contribution in [3.05, 3.63) is 29.8 Å². The lowest BCUT2D eigenvalue weighted by atomic mass is 9.74. The average molecular weight is 741 g/mol. The predicted molar refractivity (Wildman–Crippen MR) is 179 cm³/mol. The zero-order chi connectivity index (χ0) is 38.8. The van der Waals surface area contributed by atoms with Gasteiger partial charge < -0.3 is 37.8 Å². The maximum Gasteiger partial charge on any atom is 0.309 e. The Balaban J connectivity index is 0. The summed E-state index contributed by atoms with van der Waals surface area (Å²) < 4.78 is 57.4. The molecule has 0 aliphatic carbocycles. The Morgan fingerprint density at radius 3 is 1.80 bits per heavy atom. The highest BCUT2D eigenvalue weighted by molar-refractivity contribution is 7.85. The number of anilines is 1. The molecule has 1 atom stereocenters. The molecule has 0 spiro atoms. The summed E-state index contributed by atoms with van der Waals surface area (Å²) >= 11 is 0. The summed E-state index contributed by atoms with van der Waals surface area (Å²) in [7, 11) is -8.37. The van der Waals surface area contributed by atoms with Crippen LogP contribution < -0.4 is 32.7 Å². The number of carboxylic acids is 1. The minimum absolute atomic E-state index is 0.0292. The number of carbonyl (C=O) groups excluding carboxylic acids is 5. The number of unbranched alkanes of at least 4 members (excludes halogenated alkanes) is 1. The van der Waals surface area contributed by atoms with Crippen molar-refractivity contribution in [1.82, 2.24) is 21.3 Å². The Morgan fingerprint density at radius 1 is 0.857 bits per heavy atom. The van der Waals surface area contributed by atoms with E-state index in [1.165, 1.54) is 27.7 Å². The molecule has 0 saturated heterocycles. The van der Waals surface area contributed by atoms with Crippen LogP contribution in [0.25, 0.3) is 0 Å². The predicted octanol–water partition coefficient (Wildman–Crippen LogP) is -1.09. The number of amides is 5. The summed E-state index contributed by atoms with van der Waals surface area (Å²) in [6, 6.07) is 5.17. The molecule has 0 fully saturated rings. The first-order chi connectivity index (χ1) is 22.1. The van der Waals surface area contributed by atoms with Crippen molar-refractivity contribution in [1.29, 1.82) is 0 Å². The Morgan fingerprint density at radius 2 is 1.37 bits per heavy atom. The van der Waals surface area contributed by atoms with Crippen LogP contribution in [-0.2, 0) is 44.2 Å². The number of primary amides is 1. The monoisotopic (exact) mass is 740 g/mol. The van der Waals surface area contributed by atoms with Gasteiger partial charge in [0.15, 0.2) is 0 Å². The lowest BCUT2D eigenvalue weighted by molar-refractivity contribution is -0.150. The highest BCUT2D eigenvalue weighted by atomic mass is 32.2. The molecule has 11 N–H and O–H groups in total. The zero-order valence-electron chi connectivity index (χ0n) is 28.2. The second kappa shape index (κ2) is 20.9. The number of aliphatic carboxylic acids is 1. The first-order valence-electron chi connectivity index (χ1n) is 14.5. The SMILES string of the molecule is CC(C)(CC(C)(C)C(=O)NC(CS(=O)(=O)O)C(=O)NCC(=O)NCC(N)=O)C(=O)O.CCCCNC(=O)c1ccc(N)cc1.CS(=O)(=O)O. The molecule has 0 heterocycles. The average Bonchev–Trinajstić information content (AvgIpc) is 2.93. The van der Waals surface area contributed by atoms with Crippen LogP contribution >= 0.6 is 0 Å². The van der Waals surface area contributed by atoms with E-state index in [-0.39, 0.29) is 12.3 Å². The van der Waals surface area contributed by atoms with E-state index in [1.54, 1.807) is 24.3 Å². The van der Waals surface area contributed by atoms with Crippen LogP contribution in [-0.4, -0.2) is 104 Å². The molecular weight excluding hydrogens is 692 g/mol. The van der Waals surface area contributed by atoms with Crippen molar-refractivity contribution in [2.24, 2.45) is 16.6 Å². The second-order valence-electron chi connectivity index (χ2n) is 11.9. The topological polar surface area (TPSA) is 332 Å². The van der Waals surface area contributed by atoms with Gasteiger partial charge in [0.25, 0.3) is 26.1 Å². The van der Waals surface area contributed by atoms with Crippen LogP contribution in [0.1, 0.15) is 64.2 Å². The van der Waals surface area contributed by atoms with Crippen LogP contribution in [0.15, 0.2) is 24.3 Å². The second-order valence-corrected chi connectivity index (χ2v) is 14.9. The van der Waals surface area contributed by atoms with E-state index in [0.717, 1.165) is 19.4 Å². The Bertz CT molecular complexity index is 1500. The highest BCUT2D eigenvalue weighted by Crippen LogP contribution is 2.34. The van der Waals surface area contributed by atoms with E-state index in [2.05, 4.69) is 28.2 Å². The Hall–Kier alpha value is -4.34. The standard InChI is InChI=1S/C16H28N4O9S.C11H16N2O.CH4O3S/c1-15(2,8-16(3,4)14(25)26)13(24)20-9(7-30(27,28)29)12(23)19-6-11(22)18-5-10(17)21;1-2-3-8-13-11(14)9-4-6-10(12)7-5-9;1-5(2,3)4/h9H,5-8H2,1-4H3,(H2,17,21)(H,18,22)(H,19,23)(H,20,24)(H,25,26)(H,27,28,29);4-7H,2-3,8,12H2,1H3,(H,13,14);1H3,(H,2,3,4). The Kier molecular flexibility index (Phi) is 20.0. The van der Waals surface area contributed by atoms with Gasteiger partial charge in [0.05, 0.1) is 24.8 Å². The minimum atomic E-state index is -4.70. The van der Waals surface area contributed by atoms with E-state index in [9.17, 15) is 50.7 Å². The number of benzene rings is 1. The molecule has 49 heavy (non-hydrogen) atoms. The van der Waals surface area contributed by atoms with Gasteiger partial charge in [-0.2, -0.15) is 16.8 Å². The number of nitrogens with one attached hydrogen (secondary N) is 4. The number of rotatable bonds is 16.